The highest BCUT2D eigenvalue weighted by atomic mass is 16.6. The molecule has 0 saturated carbocycles. The quantitative estimate of drug-likeness (QED) is 0.272. The van der Waals surface area contributed by atoms with Crippen LogP contribution in [-0.4, -0.2) is 11.9 Å². The maximum Gasteiger partial charge on any atom is 0.311 e. The van der Waals surface area contributed by atoms with E-state index in [-0.39, 0.29) is 23.4 Å². The molecule has 0 amide bonds. The van der Waals surface area contributed by atoms with Crippen molar-refractivity contribution in [3.63, 3.8) is 0 Å². The number of para-hydroxylation sites is 2. The van der Waals surface area contributed by atoms with Crippen molar-refractivity contribution >= 4 is 11.9 Å². The lowest BCUT2D eigenvalue weighted by Gasteiger charge is -2.15. The summed E-state index contributed by atoms with van der Waals surface area (Å²) in [5.74, 6) is 1.58. The average molecular weight is 427 g/mol. The highest BCUT2D eigenvalue weighted by Gasteiger charge is 2.19. The molecule has 0 aliphatic rings. The Labute approximate surface area is 185 Å². The van der Waals surface area contributed by atoms with Crippen LogP contribution < -0.4 is 14.2 Å². The molecule has 0 aliphatic carbocycles. The molecular formula is C26H34O5. The fourth-order valence-electron chi connectivity index (χ4n) is 3.02. The number of hydrogen-bond acceptors (Lipinski definition) is 5. The SMILES string of the molecule is CC(C)CCCC(=O)Oc1cccc(Oc2ccccc2)c1OC(=O)CCCC(C)C. The minimum atomic E-state index is -0.373. The highest BCUT2D eigenvalue weighted by Crippen LogP contribution is 2.40. The predicted molar refractivity (Wildman–Crippen MR) is 122 cm³/mol. The van der Waals surface area contributed by atoms with Crippen LogP contribution in [0.15, 0.2) is 48.5 Å². The molecule has 5 nitrogen and oxygen atoms in total. The van der Waals surface area contributed by atoms with Crippen molar-refractivity contribution in [2.24, 2.45) is 11.8 Å². The van der Waals surface area contributed by atoms with Crippen LogP contribution in [0.3, 0.4) is 0 Å². The van der Waals surface area contributed by atoms with Crippen LogP contribution in [0.25, 0.3) is 0 Å². The van der Waals surface area contributed by atoms with Gasteiger partial charge in [-0.2, -0.15) is 0 Å². The van der Waals surface area contributed by atoms with Crippen LogP contribution in [0.5, 0.6) is 23.0 Å². The van der Waals surface area contributed by atoms with Crippen molar-refractivity contribution in [1.29, 1.82) is 0 Å². The van der Waals surface area contributed by atoms with Gasteiger partial charge in [-0.25, -0.2) is 0 Å². The Balaban J connectivity index is 2.17. The summed E-state index contributed by atoms with van der Waals surface area (Å²) in [4.78, 5) is 24.8. The fraction of sp³-hybridized carbons (Fsp3) is 0.462. The van der Waals surface area contributed by atoms with E-state index in [2.05, 4.69) is 27.7 Å². The predicted octanol–water partition coefficient (Wildman–Crippen LogP) is 6.94. The summed E-state index contributed by atoms with van der Waals surface area (Å²) < 4.78 is 17.1. The zero-order valence-electron chi connectivity index (χ0n) is 19.1. The van der Waals surface area contributed by atoms with Crippen molar-refractivity contribution in [2.45, 2.75) is 66.2 Å². The van der Waals surface area contributed by atoms with Crippen molar-refractivity contribution in [2.75, 3.05) is 0 Å². The van der Waals surface area contributed by atoms with Gasteiger partial charge in [0.15, 0.2) is 11.5 Å². The van der Waals surface area contributed by atoms with Gasteiger partial charge >= 0.3 is 11.9 Å². The van der Waals surface area contributed by atoms with Gasteiger partial charge in [-0.05, 0) is 48.9 Å². The first-order valence-corrected chi connectivity index (χ1v) is 11.1. The molecule has 31 heavy (non-hydrogen) atoms. The Morgan fingerprint density at radius 2 is 1.26 bits per heavy atom. The molecule has 0 unspecified atom stereocenters. The van der Waals surface area contributed by atoms with E-state index < -0.39 is 0 Å². The zero-order valence-corrected chi connectivity index (χ0v) is 19.1. The fourth-order valence-corrected chi connectivity index (χ4v) is 3.02. The molecule has 0 radical (unpaired) electrons. The minimum absolute atomic E-state index is 0.137. The van der Waals surface area contributed by atoms with Crippen LogP contribution in [0.4, 0.5) is 0 Å². The monoisotopic (exact) mass is 426 g/mol. The van der Waals surface area contributed by atoms with Crippen LogP contribution in [-0.2, 0) is 9.59 Å². The molecule has 0 aromatic heterocycles. The summed E-state index contributed by atoms with van der Waals surface area (Å²) in [5, 5.41) is 0. The third-order valence-corrected chi connectivity index (χ3v) is 4.68. The van der Waals surface area contributed by atoms with Crippen LogP contribution in [0, 0.1) is 11.8 Å². The smallest absolute Gasteiger partial charge is 0.311 e. The molecule has 168 valence electrons. The zero-order chi connectivity index (χ0) is 22.6. The Morgan fingerprint density at radius 1 is 0.710 bits per heavy atom. The lowest BCUT2D eigenvalue weighted by molar-refractivity contribution is -0.137. The van der Waals surface area contributed by atoms with Gasteiger partial charge in [0.25, 0.3) is 0 Å². The van der Waals surface area contributed by atoms with E-state index in [1.165, 1.54) is 0 Å². The van der Waals surface area contributed by atoms with Crippen LogP contribution in [0.1, 0.15) is 66.2 Å². The van der Waals surface area contributed by atoms with Crippen molar-refractivity contribution < 1.29 is 23.8 Å². The molecular weight excluding hydrogens is 392 g/mol. The summed E-state index contributed by atoms with van der Waals surface area (Å²) in [6.45, 7) is 8.47. The molecule has 0 saturated heterocycles. The van der Waals surface area contributed by atoms with Crippen molar-refractivity contribution in [1.82, 2.24) is 0 Å². The number of carbonyl (C=O) groups excluding carboxylic acids is 2. The second-order valence-electron chi connectivity index (χ2n) is 8.52. The van der Waals surface area contributed by atoms with Gasteiger partial charge in [0.05, 0.1) is 0 Å². The van der Waals surface area contributed by atoms with Gasteiger partial charge < -0.3 is 14.2 Å². The molecule has 0 bridgehead atoms. The van der Waals surface area contributed by atoms with Crippen molar-refractivity contribution in [3.8, 4) is 23.0 Å². The van der Waals surface area contributed by atoms with E-state index in [0.29, 0.717) is 36.2 Å². The summed E-state index contributed by atoms with van der Waals surface area (Å²) in [6, 6.07) is 14.2. The van der Waals surface area contributed by atoms with Gasteiger partial charge in [-0.15, -0.1) is 0 Å². The van der Waals surface area contributed by atoms with Gasteiger partial charge in [-0.3, -0.25) is 9.59 Å². The molecule has 0 heterocycles. The summed E-state index contributed by atoms with van der Waals surface area (Å²) in [7, 11) is 0. The van der Waals surface area contributed by atoms with E-state index in [1.807, 2.05) is 18.2 Å². The van der Waals surface area contributed by atoms with E-state index in [9.17, 15) is 9.59 Å². The molecule has 2 rings (SSSR count). The van der Waals surface area contributed by atoms with Gasteiger partial charge in [0, 0.05) is 12.8 Å². The first-order chi connectivity index (χ1) is 14.8. The number of carbonyl (C=O) groups is 2. The summed E-state index contributed by atoms with van der Waals surface area (Å²) in [6.07, 6.45) is 3.98. The average Bonchev–Trinajstić information content (AvgIpc) is 2.70. The molecule has 0 N–H and O–H groups in total. The van der Waals surface area contributed by atoms with E-state index in [1.54, 1.807) is 30.3 Å². The first-order valence-electron chi connectivity index (χ1n) is 11.1. The lowest BCUT2D eigenvalue weighted by Crippen LogP contribution is -2.13. The van der Waals surface area contributed by atoms with E-state index in [0.717, 1.165) is 25.7 Å². The topological polar surface area (TPSA) is 61.8 Å². The highest BCUT2D eigenvalue weighted by molar-refractivity contribution is 5.77. The summed E-state index contributed by atoms with van der Waals surface area (Å²) in [5.41, 5.74) is 0. The van der Waals surface area contributed by atoms with Gasteiger partial charge in [0.1, 0.15) is 5.75 Å². The third kappa shape index (κ3) is 9.24. The van der Waals surface area contributed by atoms with E-state index in [4.69, 9.17) is 14.2 Å². The summed E-state index contributed by atoms with van der Waals surface area (Å²) >= 11 is 0. The number of esters is 2. The molecule has 0 fully saturated rings. The van der Waals surface area contributed by atoms with E-state index >= 15 is 0 Å². The maximum absolute atomic E-state index is 12.5. The Hall–Kier alpha value is -2.82. The van der Waals surface area contributed by atoms with Gasteiger partial charge in [-0.1, -0.05) is 64.8 Å². The molecule has 2 aromatic rings. The normalized spacial score (nSPS) is 10.9. The number of ether oxygens (including phenoxy) is 3. The maximum atomic E-state index is 12.5. The number of benzene rings is 2. The Bertz CT molecular complexity index is 827. The third-order valence-electron chi connectivity index (χ3n) is 4.68. The number of rotatable bonds is 12. The van der Waals surface area contributed by atoms with Crippen LogP contribution >= 0.6 is 0 Å². The Kier molecular flexibility index (Phi) is 10.1. The molecule has 0 spiro atoms. The van der Waals surface area contributed by atoms with Crippen molar-refractivity contribution in [3.05, 3.63) is 48.5 Å². The second-order valence-corrected chi connectivity index (χ2v) is 8.52. The van der Waals surface area contributed by atoms with Crippen LogP contribution in [0.2, 0.25) is 0 Å². The molecule has 0 aliphatic heterocycles. The minimum Gasteiger partial charge on any atom is -0.453 e. The Morgan fingerprint density at radius 3 is 1.84 bits per heavy atom. The largest absolute Gasteiger partial charge is 0.453 e. The molecule has 0 atom stereocenters. The first kappa shape index (κ1) is 24.4. The molecule has 2 aromatic carbocycles. The molecule has 5 heteroatoms. The van der Waals surface area contributed by atoms with Gasteiger partial charge in [0.2, 0.25) is 5.75 Å². The lowest BCUT2D eigenvalue weighted by atomic mass is 10.1. The number of hydrogen-bond donors (Lipinski definition) is 0. The standard InChI is InChI=1S/C26H34O5/c1-19(2)11-8-17-24(27)30-23-16-10-15-22(29-21-13-6-5-7-14-21)26(23)31-25(28)18-9-12-20(3)4/h5-7,10,13-16,19-20H,8-9,11-12,17-18H2,1-4H3. The second kappa shape index (κ2) is 12.8.